The SMILES string of the molecule is Cc1c(N2C(=O)C(=Cc3c(N4CCN(C)CC4)nc4ccccn4c3=O)SC2=S)c(=O)n(-c2ccccc2)n1C. The molecular weight excluding hydrogens is 546 g/mol. The Morgan fingerprint density at radius 3 is 2.35 bits per heavy atom. The van der Waals surface area contributed by atoms with Crippen LogP contribution in [0.3, 0.4) is 0 Å². The fraction of sp³-hybridized carbons (Fsp3) is 0.250. The van der Waals surface area contributed by atoms with Crippen molar-refractivity contribution in [1.82, 2.24) is 23.6 Å². The summed E-state index contributed by atoms with van der Waals surface area (Å²) in [6, 6.07) is 14.6. The summed E-state index contributed by atoms with van der Waals surface area (Å²) in [5.41, 5.74) is 1.70. The second-order valence-corrected chi connectivity index (χ2v) is 11.5. The molecule has 6 rings (SSSR count). The fourth-order valence-electron chi connectivity index (χ4n) is 5.08. The van der Waals surface area contributed by atoms with Gasteiger partial charge in [0.2, 0.25) is 0 Å². The Morgan fingerprint density at radius 1 is 0.925 bits per heavy atom. The summed E-state index contributed by atoms with van der Waals surface area (Å²) in [6.45, 7) is 4.85. The minimum atomic E-state index is -0.442. The normalized spacial score (nSPS) is 17.5. The van der Waals surface area contributed by atoms with Gasteiger partial charge in [0.05, 0.1) is 21.8 Å². The van der Waals surface area contributed by atoms with Crippen LogP contribution in [0.1, 0.15) is 11.3 Å². The average Bonchev–Trinajstić information content (AvgIpc) is 3.35. The smallest absolute Gasteiger partial charge is 0.296 e. The molecule has 0 atom stereocenters. The van der Waals surface area contributed by atoms with Gasteiger partial charge in [0.25, 0.3) is 17.0 Å². The van der Waals surface area contributed by atoms with Gasteiger partial charge >= 0.3 is 0 Å². The number of likely N-dealkylation sites (N-methyl/N-ethyl adjacent to an activating group) is 1. The minimum absolute atomic E-state index is 0.199. The van der Waals surface area contributed by atoms with E-state index in [4.69, 9.17) is 17.2 Å². The highest BCUT2D eigenvalue weighted by atomic mass is 32.2. The van der Waals surface area contributed by atoms with Crippen molar-refractivity contribution < 1.29 is 4.79 Å². The molecule has 0 aliphatic carbocycles. The quantitative estimate of drug-likeness (QED) is 0.272. The Hall–Kier alpha value is -4.00. The molecule has 0 unspecified atom stereocenters. The third-order valence-electron chi connectivity index (χ3n) is 7.37. The number of nitrogens with zero attached hydrogens (tertiary/aromatic N) is 7. The Kier molecular flexibility index (Phi) is 6.69. The van der Waals surface area contributed by atoms with Gasteiger partial charge in [-0.2, -0.15) is 0 Å². The average molecular weight is 574 g/mol. The first kappa shape index (κ1) is 26.2. The molecule has 0 spiro atoms. The highest BCUT2D eigenvalue weighted by Crippen LogP contribution is 2.37. The molecule has 10 nitrogen and oxygen atoms in total. The van der Waals surface area contributed by atoms with E-state index in [2.05, 4.69) is 16.8 Å². The van der Waals surface area contributed by atoms with E-state index < -0.39 is 5.91 Å². The predicted octanol–water partition coefficient (Wildman–Crippen LogP) is 2.65. The topological polar surface area (TPSA) is 88.1 Å². The van der Waals surface area contributed by atoms with Crippen LogP contribution in [-0.2, 0) is 11.8 Å². The van der Waals surface area contributed by atoms with E-state index in [0.29, 0.717) is 41.5 Å². The van der Waals surface area contributed by atoms with Crippen molar-refractivity contribution in [3.8, 4) is 5.69 Å². The number of amides is 1. The minimum Gasteiger partial charge on any atom is -0.353 e. The second-order valence-electron chi connectivity index (χ2n) is 9.80. The van der Waals surface area contributed by atoms with Crippen LogP contribution in [0.2, 0.25) is 0 Å². The highest BCUT2D eigenvalue weighted by molar-refractivity contribution is 8.27. The van der Waals surface area contributed by atoms with E-state index in [1.165, 1.54) is 14.0 Å². The predicted molar refractivity (Wildman–Crippen MR) is 163 cm³/mol. The number of rotatable bonds is 4. The Bertz CT molecular complexity index is 1820. The lowest BCUT2D eigenvalue weighted by atomic mass is 10.2. The van der Waals surface area contributed by atoms with E-state index in [1.54, 1.807) is 43.1 Å². The monoisotopic (exact) mass is 573 g/mol. The lowest BCUT2D eigenvalue weighted by molar-refractivity contribution is -0.113. The third kappa shape index (κ3) is 4.28. The zero-order chi connectivity index (χ0) is 28.1. The van der Waals surface area contributed by atoms with Gasteiger partial charge in [0.15, 0.2) is 4.32 Å². The molecule has 0 bridgehead atoms. The standard InChI is InChI=1S/C28H27N7O3S2/c1-18-23(27(38)35(31(18)3)19-9-5-4-6-10-19)34-26(37)21(40-28(34)39)17-20-24(32-15-13-30(2)14-16-32)29-22-11-7-8-12-33(22)25(20)36/h4-12,17H,13-16H2,1-3H3. The van der Waals surface area contributed by atoms with Crippen LogP contribution in [0, 0.1) is 6.92 Å². The molecule has 0 radical (unpaired) electrons. The number of anilines is 2. The number of carbonyl (C=O) groups is 1. The summed E-state index contributed by atoms with van der Waals surface area (Å²) in [5.74, 6) is 0.0970. The molecule has 4 aromatic rings. The summed E-state index contributed by atoms with van der Waals surface area (Å²) in [5, 5.41) is 0. The van der Waals surface area contributed by atoms with Crippen molar-refractivity contribution in [3.63, 3.8) is 0 Å². The molecule has 40 heavy (non-hydrogen) atoms. The van der Waals surface area contributed by atoms with Gasteiger partial charge in [-0.1, -0.05) is 48.2 Å². The van der Waals surface area contributed by atoms with E-state index in [1.807, 2.05) is 36.4 Å². The van der Waals surface area contributed by atoms with E-state index >= 15 is 0 Å². The van der Waals surface area contributed by atoms with Gasteiger partial charge in [-0.3, -0.25) is 28.4 Å². The van der Waals surface area contributed by atoms with Crippen LogP contribution in [0.25, 0.3) is 17.4 Å². The molecule has 204 valence electrons. The van der Waals surface area contributed by atoms with E-state index in [-0.39, 0.29) is 26.0 Å². The number of aromatic nitrogens is 4. The maximum absolute atomic E-state index is 13.8. The van der Waals surface area contributed by atoms with Gasteiger partial charge in [0, 0.05) is 39.4 Å². The molecule has 2 fully saturated rings. The highest BCUT2D eigenvalue weighted by Gasteiger charge is 2.38. The molecule has 2 aliphatic rings. The zero-order valence-electron chi connectivity index (χ0n) is 22.3. The molecular formula is C28H27N7O3S2. The van der Waals surface area contributed by atoms with Gasteiger partial charge in [-0.25, -0.2) is 9.67 Å². The molecule has 2 saturated heterocycles. The van der Waals surface area contributed by atoms with Crippen molar-refractivity contribution in [2.75, 3.05) is 43.0 Å². The molecule has 12 heteroatoms. The van der Waals surface area contributed by atoms with Crippen molar-refractivity contribution in [2.24, 2.45) is 7.05 Å². The first-order chi connectivity index (χ1) is 19.3. The first-order valence-electron chi connectivity index (χ1n) is 12.8. The van der Waals surface area contributed by atoms with Gasteiger partial charge in [-0.05, 0) is 44.3 Å². The summed E-state index contributed by atoms with van der Waals surface area (Å²) < 4.78 is 4.93. The zero-order valence-corrected chi connectivity index (χ0v) is 23.9. The number of piperazine rings is 1. The van der Waals surface area contributed by atoms with Crippen LogP contribution in [0.4, 0.5) is 11.5 Å². The molecule has 2 aliphatic heterocycles. The number of carbonyl (C=O) groups excluding carboxylic acids is 1. The molecule has 1 aromatic carbocycles. The van der Waals surface area contributed by atoms with Crippen molar-refractivity contribution >= 4 is 57.4 Å². The lowest BCUT2D eigenvalue weighted by Gasteiger charge is -2.34. The van der Waals surface area contributed by atoms with E-state index in [9.17, 15) is 14.4 Å². The number of hydrogen-bond acceptors (Lipinski definition) is 8. The Labute approximate surface area is 239 Å². The van der Waals surface area contributed by atoms with E-state index in [0.717, 1.165) is 24.9 Å². The maximum Gasteiger partial charge on any atom is 0.296 e. The molecule has 0 saturated carbocycles. The van der Waals surface area contributed by atoms with Crippen molar-refractivity contribution in [2.45, 2.75) is 6.92 Å². The van der Waals surface area contributed by atoms with Crippen LogP contribution in [0.15, 0.2) is 69.2 Å². The number of fused-ring (bicyclic) bond motifs is 1. The third-order valence-corrected chi connectivity index (χ3v) is 8.67. The van der Waals surface area contributed by atoms with Gasteiger partial charge in [-0.15, -0.1) is 0 Å². The molecule has 3 aromatic heterocycles. The summed E-state index contributed by atoms with van der Waals surface area (Å²) in [6.07, 6.45) is 3.25. The maximum atomic E-state index is 13.8. The van der Waals surface area contributed by atoms with Crippen LogP contribution < -0.4 is 20.9 Å². The largest absolute Gasteiger partial charge is 0.353 e. The van der Waals surface area contributed by atoms with Crippen LogP contribution in [0.5, 0.6) is 0 Å². The molecule has 5 heterocycles. The van der Waals surface area contributed by atoms with Gasteiger partial charge in [0.1, 0.15) is 17.2 Å². The van der Waals surface area contributed by atoms with Crippen molar-refractivity contribution in [3.05, 3.63) is 91.6 Å². The number of para-hydroxylation sites is 1. The number of thioether (sulfide) groups is 1. The van der Waals surface area contributed by atoms with Crippen molar-refractivity contribution in [1.29, 1.82) is 0 Å². The Balaban J connectivity index is 1.46. The van der Waals surface area contributed by atoms with Crippen LogP contribution >= 0.6 is 24.0 Å². The fourth-order valence-corrected chi connectivity index (χ4v) is 6.33. The Morgan fingerprint density at radius 2 is 1.62 bits per heavy atom. The summed E-state index contributed by atoms with van der Waals surface area (Å²) >= 11 is 6.70. The second kappa shape index (κ2) is 10.2. The number of hydrogen-bond donors (Lipinski definition) is 0. The number of pyridine rings is 1. The number of thiocarbonyl (C=S) groups is 1. The van der Waals surface area contributed by atoms with Gasteiger partial charge < -0.3 is 9.80 Å². The van der Waals surface area contributed by atoms with Crippen LogP contribution in [-0.4, -0.2) is 67.1 Å². The number of benzene rings is 1. The first-order valence-corrected chi connectivity index (χ1v) is 14.1. The summed E-state index contributed by atoms with van der Waals surface area (Å²) in [4.78, 5) is 51.9. The molecule has 1 amide bonds. The lowest BCUT2D eigenvalue weighted by Crippen LogP contribution is -2.45. The molecule has 0 N–H and O–H groups in total. The summed E-state index contributed by atoms with van der Waals surface area (Å²) in [7, 11) is 3.83.